The molecular formula is C23H22F3N7. The fraction of sp³-hybridized carbons (Fsp3) is 0.348. The van der Waals surface area contributed by atoms with Gasteiger partial charge in [0, 0.05) is 23.5 Å². The summed E-state index contributed by atoms with van der Waals surface area (Å²) < 4.78 is 39.5. The van der Waals surface area contributed by atoms with E-state index in [1.54, 1.807) is 24.4 Å². The van der Waals surface area contributed by atoms with Crippen molar-refractivity contribution in [1.29, 1.82) is 5.26 Å². The van der Waals surface area contributed by atoms with Crippen LogP contribution in [0.2, 0.25) is 0 Å². The third-order valence-corrected chi connectivity index (χ3v) is 4.98. The summed E-state index contributed by atoms with van der Waals surface area (Å²) in [5, 5.41) is 15.8. The first-order valence-corrected chi connectivity index (χ1v) is 10.3. The lowest BCUT2D eigenvalue weighted by Gasteiger charge is -2.22. The van der Waals surface area contributed by atoms with Crippen molar-refractivity contribution in [3.05, 3.63) is 54.0 Å². The topological polar surface area (TPSA) is 99.4 Å². The third-order valence-electron chi connectivity index (χ3n) is 4.98. The highest BCUT2D eigenvalue weighted by Crippen LogP contribution is 2.47. The van der Waals surface area contributed by atoms with Crippen LogP contribution in [0.1, 0.15) is 45.0 Å². The third kappa shape index (κ3) is 5.19. The maximum atomic E-state index is 13.2. The second-order valence-electron chi connectivity index (χ2n) is 8.99. The molecule has 7 nitrogen and oxygen atoms in total. The summed E-state index contributed by atoms with van der Waals surface area (Å²) in [6, 6.07) is 11.1. The number of pyridine rings is 2. The van der Waals surface area contributed by atoms with E-state index in [9.17, 15) is 18.4 Å². The Balaban J connectivity index is 1.72. The van der Waals surface area contributed by atoms with Crippen LogP contribution < -0.4 is 10.6 Å². The molecule has 0 saturated heterocycles. The molecule has 2 N–H and O–H groups in total. The number of halogens is 3. The monoisotopic (exact) mass is 453 g/mol. The van der Waals surface area contributed by atoms with Gasteiger partial charge in [-0.25, -0.2) is 15.0 Å². The normalized spacial score (nSPS) is 14.9. The molecule has 3 heterocycles. The molecule has 3 aromatic heterocycles. The van der Waals surface area contributed by atoms with Crippen molar-refractivity contribution in [3.8, 4) is 17.6 Å². The molecule has 0 unspecified atom stereocenters. The molecule has 0 bridgehead atoms. The molecule has 0 aliphatic heterocycles. The average Bonchev–Trinajstić information content (AvgIpc) is 3.53. The van der Waals surface area contributed by atoms with Crippen LogP contribution in [0.15, 0.2) is 42.6 Å². The fourth-order valence-corrected chi connectivity index (χ4v) is 3.26. The van der Waals surface area contributed by atoms with Crippen LogP contribution in [-0.4, -0.2) is 25.5 Å². The zero-order valence-electron chi connectivity index (χ0n) is 18.3. The van der Waals surface area contributed by atoms with E-state index < -0.39 is 17.3 Å². The van der Waals surface area contributed by atoms with Crippen LogP contribution in [0, 0.1) is 11.3 Å². The van der Waals surface area contributed by atoms with Crippen molar-refractivity contribution in [2.45, 2.75) is 50.7 Å². The molecule has 4 rings (SSSR count). The van der Waals surface area contributed by atoms with Gasteiger partial charge in [-0.3, -0.25) is 4.98 Å². The van der Waals surface area contributed by atoms with Crippen molar-refractivity contribution < 1.29 is 13.2 Å². The summed E-state index contributed by atoms with van der Waals surface area (Å²) in [6.07, 6.45) is -1.44. The minimum atomic E-state index is -4.58. The number of hydrogen-bond acceptors (Lipinski definition) is 7. The largest absolute Gasteiger partial charge is 0.433 e. The van der Waals surface area contributed by atoms with Gasteiger partial charge in [-0.2, -0.15) is 18.4 Å². The molecule has 0 spiro atoms. The zero-order valence-corrected chi connectivity index (χ0v) is 18.3. The summed E-state index contributed by atoms with van der Waals surface area (Å²) in [5.41, 5.74) is -0.574. The molecular weight excluding hydrogens is 431 g/mol. The Morgan fingerprint density at radius 2 is 1.73 bits per heavy atom. The minimum absolute atomic E-state index is 0.00210. The van der Waals surface area contributed by atoms with E-state index in [0.717, 1.165) is 18.9 Å². The van der Waals surface area contributed by atoms with E-state index in [-0.39, 0.29) is 17.1 Å². The van der Waals surface area contributed by atoms with Gasteiger partial charge in [-0.1, -0.05) is 6.07 Å². The number of nitrogens with zero attached hydrogens (tertiary/aromatic N) is 5. The molecule has 0 radical (unpaired) electrons. The molecule has 1 fully saturated rings. The van der Waals surface area contributed by atoms with Crippen molar-refractivity contribution in [2.24, 2.45) is 0 Å². The number of hydrogen-bond donors (Lipinski definition) is 2. The first-order chi connectivity index (χ1) is 15.5. The predicted molar refractivity (Wildman–Crippen MR) is 118 cm³/mol. The number of anilines is 3. The molecule has 170 valence electrons. The Kier molecular flexibility index (Phi) is 5.44. The number of rotatable bonds is 5. The number of nitriles is 1. The Labute approximate surface area is 189 Å². The highest BCUT2D eigenvalue weighted by atomic mass is 19.4. The van der Waals surface area contributed by atoms with Crippen molar-refractivity contribution in [3.63, 3.8) is 0 Å². The summed E-state index contributed by atoms with van der Waals surface area (Å²) in [5.74, 6) is 0.840. The van der Waals surface area contributed by atoms with E-state index in [1.807, 2.05) is 20.8 Å². The highest BCUT2D eigenvalue weighted by Gasteiger charge is 2.46. The van der Waals surface area contributed by atoms with Crippen LogP contribution >= 0.6 is 0 Å². The van der Waals surface area contributed by atoms with Gasteiger partial charge < -0.3 is 10.6 Å². The number of alkyl halides is 3. The standard InChI is InChI=1S/C23H22F3N7/c1-21(2,3)33-19-12-18(29-14-7-10-28-17(11-14)22(13-27)8-9-22)31-20(32-19)15-5-4-6-16(30-15)23(24,25)26/h4-7,10-12H,8-9H2,1-3H3,(H2,28,29,31,32,33). The van der Waals surface area contributed by atoms with E-state index in [0.29, 0.717) is 23.0 Å². The Morgan fingerprint density at radius 3 is 2.36 bits per heavy atom. The van der Waals surface area contributed by atoms with Gasteiger partial charge in [0.05, 0.1) is 17.2 Å². The summed E-state index contributed by atoms with van der Waals surface area (Å²) >= 11 is 0. The maximum absolute atomic E-state index is 13.2. The van der Waals surface area contributed by atoms with Crippen LogP contribution in [0.4, 0.5) is 30.5 Å². The van der Waals surface area contributed by atoms with Gasteiger partial charge in [0.25, 0.3) is 0 Å². The molecule has 1 aliphatic rings. The lowest BCUT2D eigenvalue weighted by atomic mass is 10.0. The first-order valence-electron chi connectivity index (χ1n) is 10.3. The highest BCUT2D eigenvalue weighted by molar-refractivity contribution is 5.64. The lowest BCUT2D eigenvalue weighted by Crippen LogP contribution is -2.27. The van der Waals surface area contributed by atoms with Crippen LogP contribution in [0.3, 0.4) is 0 Å². The number of nitrogens with one attached hydrogen (secondary N) is 2. The van der Waals surface area contributed by atoms with Gasteiger partial charge >= 0.3 is 6.18 Å². The van der Waals surface area contributed by atoms with Crippen LogP contribution in [0.5, 0.6) is 0 Å². The average molecular weight is 453 g/mol. The second-order valence-corrected chi connectivity index (χ2v) is 8.99. The van der Waals surface area contributed by atoms with Crippen LogP contribution in [0.25, 0.3) is 11.5 Å². The molecule has 0 atom stereocenters. The summed E-state index contributed by atoms with van der Waals surface area (Å²) in [7, 11) is 0. The number of aromatic nitrogens is 4. The van der Waals surface area contributed by atoms with E-state index >= 15 is 0 Å². The minimum Gasteiger partial charge on any atom is -0.365 e. The molecule has 33 heavy (non-hydrogen) atoms. The fourth-order valence-electron chi connectivity index (χ4n) is 3.26. The SMILES string of the molecule is CC(C)(C)Nc1cc(Nc2ccnc(C3(C#N)CC3)c2)nc(-c2cccc(C(F)(F)F)n2)n1. The van der Waals surface area contributed by atoms with Gasteiger partial charge in [-0.15, -0.1) is 0 Å². The van der Waals surface area contributed by atoms with E-state index in [1.165, 1.54) is 12.1 Å². The molecule has 1 aliphatic carbocycles. The van der Waals surface area contributed by atoms with Crippen molar-refractivity contribution in [2.75, 3.05) is 10.6 Å². The maximum Gasteiger partial charge on any atom is 0.433 e. The predicted octanol–water partition coefficient (Wildman–Crippen LogP) is 5.46. The lowest BCUT2D eigenvalue weighted by molar-refractivity contribution is -0.141. The summed E-state index contributed by atoms with van der Waals surface area (Å²) in [4.78, 5) is 16.8. The van der Waals surface area contributed by atoms with Gasteiger partial charge in [0.2, 0.25) is 0 Å². The zero-order chi connectivity index (χ0) is 23.9. The van der Waals surface area contributed by atoms with Gasteiger partial charge in [-0.05, 0) is 57.9 Å². The quantitative estimate of drug-likeness (QED) is 0.529. The van der Waals surface area contributed by atoms with Crippen LogP contribution in [-0.2, 0) is 11.6 Å². The molecule has 3 aromatic rings. The van der Waals surface area contributed by atoms with Crippen molar-refractivity contribution >= 4 is 17.3 Å². The first kappa shape index (κ1) is 22.5. The second kappa shape index (κ2) is 7.99. The molecule has 0 amide bonds. The molecule has 1 saturated carbocycles. The molecule has 0 aromatic carbocycles. The molecule has 10 heteroatoms. The Bertz CT molecular complexity index is 1220. The van der Waals surface area contributed by atoms with E-state index in [2.05, 4.69) is 36.6 Å². The smallest absolute Gasteiger partial charge is 0.365 e. The van der Waals surface area contributed by atoms with Gasteiger partial charge in [0.15, 0.2) is 5.82 Å². The Hall–Kier alpha value is -3.74. The van der Waals surface area contributed by atoms with Gasteiger partial charge in [0.1, 0.15) is 23.0 Å². The van der Waals surface area contributed by atoms with E-state index in [4.69, 9.17) is 0 Å². The summed E-state index contributed by atoms with van der Waals surface area (Å²) in [6.45, 7) is 5.82. The van der Waals surface area contributed by atoms with Crippen molar-refractivity contribution in [1.82, 2.24) is 19.9 Å². The Morgan fingerprint density at radius 1 is 1.00 bits per heavy atom.